The van der Waals surface area contributed by atoms with Crippen LogP contribution >= 0.6 is 0 Å². The Morgan fingerprint density at radius 2 is 2.31 bits per heavy atom. The zero-order valence-electron chi connectivity index (χ0n) is 9.89. The van der Waals surface area contributed by atoms with E-state index in [1.165, 1.54) is 24.8 Å². The Balaban J connectivity index is 2.01. The second-order valence-electron chi connectivity index (χ2n) is 4.55. The van der Waals surface area contributed by atoms with Gasteiger partial charge in [0.25, 0.3) is 0 Å². The third-order valence-corrected chi connectivity index (χ3v) is 3.45. The molecule has 1 fully saturated rings. The van der Waals surface area contributed by atoms with Gasteiger partial charge in [-0.05, 0) is 31.4 Å². The van der Waals surface area contributed by atoms with Crippen LogP contribution in [0.1, 0.15) is 30.5 Å². The van der Waals surface area contributed by atoms with E-state index in [0.29, 0.717) is 6.04 Å². The zero-order valence-corrected chi connectivity index (χ0v) is 9.89. The van der Waals surface area contributed by atoms with E-state index >= 15 is 0 Å². The number of aromatic nitrogens is 1. The first-order valence-electron chi connectivity index (χ1n) is 6.06. The van der Waals surface area contributed by atoms with Crippen molar-refractivity contribution in [3.05, 3.63) is 29.6 Å². The molecule has 1 aliphatic carbocycles. The van der Waals surface area contributed by atoms with E-state index in [1.54, 1.807) is 0 Å². The Morgan fingerprint density at radius 3 is 2.88 bits per heavy atom. The molecule has 1 aromatic heterocycles. The van der Waals surface area contributed by atoms with Gasteiger partial charge in [0.1, 0.15) is 0 Å². The lowest BCUT2D eigenvalue weighted by Crippen LogP contribution is -2.41. The lowest BCUT2D eigenvalue weighted by atomic mass is 9.91. The van der Waals surface area contributed by atoms with Crippen LogP contribution in [0.5, 0.6) is 0 Å². The number of hydrogen-bond acceptors (Lipinski definition) is 3. The highest BCUT2D eigenvalue weighted by Crippen LogP contribution is 2.26. The summed E-state index contributed by atoms with van der Waals surface area (Å²) in [6.07, 6.45) is 5.71. The second-order valence-corrected chi connectivity index (χ2v) is 4.55. The summed E-state index contributed by atoms with van der Waals surface area (Å²) in [5.74, 6) is 0. The summed E-state index contributed by atoms with van der Waals surface area (Å²) >= 11 is 0. The first kappa shape index (κ1) is 11.6. The van der Waals surface area contributed by atoms with Gasteiger partial charge in [-0.1, -0.05) is 12.5 Å². The standard InChI is InChI=1S/C13H20N2O/c1-11-4-3-7-14-13(11)10-15(8-9-16)12-5-2-6-12/h3-4,7,12,16H,2,5-6,8-10H2,1H3. The molecule has 0 atom stereocenters. The van der Waals surface area contributed by atoms with Crippen molar-refractivity contribution < 1.29 is 5.11 Å². The molecule has 0 aliphatic heterocycles. The molecule has 0 amide bonds. The van der Waals surface area contributed by atoms with E-state index in [9.17, 15) is 0 Å². The summed E-state index contributed by atoms with van der Waals surface area (Å²) in [5.41, 5.74) is 2.38. The van der Waals surface area contributed by atoms with Gasteiger partial charge in [-0.25, -0.2) is 0 Å². The van der Waals surface area contributed by atoms with Crippen molar-refractivity contribution in [2.24, 2.45) is 0 Å². The van der Waals surface area contributed by atoms with Crippen LogP contribution in [0.2, 0.25) is 0 Å². The maximum absolute atomic E-state index is 9.09. The topological polar surface area (TPSA) is 36.4 Å². The average molecular weight is 220 g/mol. The van der Waals surface area contributed by atoms with Crippen LogP contribution in [-0.2, 0) is 6.54 Å². The Kier molecular flexibility index (Phi) is 3.91. The van der Waals surface area contributed by atoms with Crippen LogP contribution < -0.4 is 0 Å². The SMILES string of the molecule is Cc1cccnc1CN(CCO)C1CCC1. The first-order chi connectivity index (χ1) is 7.81. The quantitative estimate of drug-likeness (QED) is 0.821. The lowest BCUT2D eigenvalue weighted by Gasteiger charge is -2.37. The normalized spacial score (nSPS) is 16.4. The predicted molar refractivity (Wildman–Crippen MR) is 64.1 cm³/mol. The maximum atomic E-state index is 9.09. The molecule has 1 aliphatic rings. The van der Waals surface area contributed by atoms with Gasteiger partial charge in [0.15, 0.2) is 0 Å². The molecule has 0 aromatic carbocycles. The van der Waals surface area contributed by atoms with E-state index in [2.05, 4.69) is 22.9 Å². The monoisotopic (exact) mass is 220 g/mol. The van der Waals surface area contributed by atoms with Crippen molar-refractivity contribution in [2.45, 2.75) is 38.8 Å². The fourth-order valence-corrected chi connectivity index (χ4v) is 2.15. The Hall–Kier alpha value is -0.930. The molecule has 1 saturated carbocycles. The molecule has 3 heteroatoms. The summed E-state index contributed by atoms with van der Waals surface area (Å²) in [5, 5.41) is 9.09. The van der Waals surface area contributed by atoms with E-state index < -0.39 is 0 Å². The molecular weight excluding hydrogens is 200 g/mol. The molecule has 0 spiro atoms. The minimum absolute atomic E-state index is 0.238. The van der Waals surface area contributed by atoms with Crippen molar-refractivity contribution in [3.8, 4) is 0 Å². The molecule has 0 unspecified atom stereocenters. The lowest BCUT2D eigenvalue weighted by molar-refractivity contribution is 0.0931. The fourth-order valence-electron chi connectivity index (χ4n) is 2.15. The molecule has 1 heterocycles. The van der Waals surface area contributed by atoms with Crippen molar-refractivity contribution in [1.82, 2.24) is 9.88 Å². The van der Waals surface area contributed by atoms with Crippen LogP contribution in [0.15, 0.2) is 18.3 Å². The van der Waals surface area contributed by atoms with Gasteiger partial charge in [0, 0.05) is 25.3 Å². The third-order valence-electron chi connectivity index (χ3n) is 3.45. The number of rotatable bonds is 5. The summed E-state index contributed by atoms with van der Waals surface area (Å²) < 4.78 is 0. The van der Waals surface area contributed by atoms with Crippen LogP contribution in [-0.4, -0.2) is 34.2 Å². The third kappa shape index (κ3) is 2.60. The predicted octanol–water partition coefficient (Wildman–Crippen LogP) is 1.74. The Labute approximate surface area is 97.1 Å². The van der Waals surface area contributed by atoms with Crippen LogP contribution in [0, 0.1) is 6.92 Å². The molecule has 1 aromatic rings. The molecule has 0 radical (unpaired) electrons. The molecule has 0 bridgehead atoms. The highest BCUT2D eigenvalue weighted by atomic mass is 16.3. The van der Waals surface area contributed by atoms with Crippen molar-refractivity contribution in [1.29, 1.82) is 0 Å². The largest absolute Gasteiger partial charge is 0.395 e. The van der Waals surface area contributed by atoms with Crippen LogP contribution in [0.4, 0.5) is 0 Å². The highest BCUT2D eigenvalue weighted by molar-refractivity contribution is 5.17. The molecular formula is C13H20N2O. The number of aliphatic hydroxyl groups is 1. The molecule has 3 nitrogen and oxygen atoms in total. The number of hydrogen-bond donors (Lipinski definition) is 1. The maximum Gasteiger partial charge on any atom is 0.0573 e. The summed E-state index contributed by atoms with van der Waals surface area (Å²) in [6.45, 7) is 3.97. The number of aliphatic hydroxyl groups excluding tert-OH is 1. The molecule has 1 N–H and O–H groups in total. The molecule has 2 rings (SSSR count). The van der Waals surface area contributed by atoms with Gasteiger partial charge in [-0.2, -0.15) is 0 Å². The summed E-state index contributed by atoms with van der Waals surface area (Å²) in [6, 6.07) is 4.73. The van der Waals surface area contributed by atoms with E-state index in [0.717, 1.165) is 18.8 Å². The number of nitrogens with zero attached hydrogens (tertiary/aromatic N) is 2. The first-order valence-corrected chi connectivity index (χ1v) is 6.06. The van der Waals surface area contributed by atoms with Crippen molar-refractivity contribution in [2.75, 3.05) is 13.2 Å². The van der Waals surface area contributed by atoms with Gasteiger partial charge >= 0.3 is 0 Å². The van der Waals surface area contributed by atoms with Gasteiger partial charge in [0.2, 0.25) is 0 Å². The van der Waals surface area contributed by atoms with Gasteiger partial charge in [-0.15, -0.1) is 0 Å². The van der Waals surface area contributed by atoms with Gasteiger partial charge in [-0.3, -0.25) is 9.88 Å². The Morgan fingerprint density at radius 1 is 1.50 bits per heavy atom. The van der Waals surface area contributed by atoms with Gasteiger partial charge < -0.3 is 5.11 Å². The minimum atomic E-state index is 0.238. The average Bonchev–Trinajstić information content (AvgIpc) is 2.19. The van der Waals surface area contributed by atoms with Crippen LogP contribution in [0.3, 0.4) is 0 Å². The summed E-state index contributed by atoms with van der Waals surface area (Å²) in [7, 11) is 0. The minimum Gasteiger partial charge on any atom is -0.395 e. The Bertz CT molecular complexity index is 336. The number of pyridine rings is 1. The van der Waals surface area contributed by atoms with Crippen LogP contribution in [0.25, 0.3) is 0 Å². The fraction of sp³-hybridized carbons (Fsp3) is 0.615. The van der Waals surface area contributed by atoms with E-state index in [-0.39, 0.29) is 6.61 Å². The number of aryl methyl sites for hydroxylation is 1. The van der Waals surface area contributed by atoms with Crippen molar-refractivity contribution >= 4 is 0 Å². The zero-order chi connectivity index (χ0) is 11.4. The summed E-state index contributed by atoms with van der Waals surface area (Å²) in [4.78, 5) is 6.78. The highest BCUT2D eigenvalue weighted by Gasteiger charge is 2.24. The van der Waals surface area contributed by atoms with E-state index in [1.807, 2.05) is 12.3 Å². The second kappa shape index (κ2) is 5.41. The molecule has 16 heavy (non-hydrogen) atoms. The van der Waals surface area contributed by atoms with Gasteiger partial charge in [0.05, 0.1) is 12.3 Å². The van der Waals surface area contributed by atoms with E-state index in [4.69, 9.17) is 5.11 Å². The van der Waals surface area contributed by atoms with Crippen molar-refractivity contribution in [3.63, 3.8) is 0 Å². The molecule has 88 valence electrons. The smallest absolute Gasteiger partial charge is 0.0573 e. The molecule has 0 saturated heterocycles.